The molecule has 1 saturated heterocycles. The molecule has 0 radical (unpaired) electrons. The third-order valence-electron chi connectivity index (χ3n) is 4.92. The highest BCUT2D eigenvalue weighted by Crippen LogP contribution is 2.36. The first-order valence-electron chi connectivity index (χ1n) is 7.64. The van der Waals surface area contributed by atoms with Crippen molar-refractivity contribution in [3.63, 3.8) is 0 Å². The fourth-order valence-corrected chi connectivity index (χ4v) is 3.89. The molecule has 1 saturated carbocycles. The van der Waals surface area contributed by atoms with Crippen LogP contribution in [0.4, 0.5) is 0 Å². The highest BCUT2D eigenvalue weighted by Gasteiger charge is 2.32. The van der Waals surface area contributed by atoms with Crippen LogP contribution in [-0.2, 0) is 4.74 Å². The van der Waals surface area contributed by atoms with E-state index in [4.69, 9.17) is 4.74 Å². The van der Waals surface area contributed by atoms with E-state index in [1.807, 2.05) is 0 Å². The topological polar surface area (TPSA) is 21.3 Å². The van der Waals surface area contributed by atoms with Crippen LogP contribution in [0.3, 0.4) is 0 Å². The lowest BCUT2D eigenvalue weighted by Crippen LogP contribution is -2.41. The summed E-state index contributed by atoms with van der Waals surface area (Å²) in [6.45, 7) is 3.35. The maximum Gasteiger partial charge on any atom is 0.0590 e. The van der Waals surface area contributed by atoms with Crippen molar-refractivity contribution in [1.29, 1.82) is 0 Å². The number of ether oxygens (including phenoxy) is 1. The summed E-state index contributed by atoms with van der Waals surface area (Å²) in [6.07, 6.45) is 11.4. The molecule has 100 valence electrons. The summed E-state index contributed by atoms with van der Waals surface area (Å²) < 4.78 is 5.80. The van der Waals surface area contributed by atoms with Crippen molar-refractivity contribution in [3.05, 3.63) is 0 Å². The highest BCUT2D eigenvalue weighted by atomic mass is 16.5. The Morgan fingerprint density at radius 3 is 2.65 bits per heavy atom. The maximum atomic E-state index is 5.80. The zero-order chi connectivity index (χ0) is 12.1. The van der Waals surface area contributed by atoms with Crippen LogP contribution in [0.1, 0.15) is 58.3 Å². The minimum atomic E-state index is 0.534. The van der Waals surface area contributed by atoms with Crippen LogP contribution in [0.25, 0.3) is 0 Å². The summed E-state index contributed by atoms with van der Waals surface area (Å²) in [5.74, 6) is 1.84. The van der Waals surface area contributed by atoms with Crippen LogP contribution in [0, 0.1) is 11.8 Å². The SMILES string of the molecule is CCC1CCCCC1C(CC1CCCO1)NC. The van der Waals surface area contributed by atoms with Gasteiger partial charge in [-0.25, -0.2) is 0 Å². The van der Waals surface area contributed by atoms with E-state index < -0.39 is 0 Å². The molecule has 0 aromatic carbocycles. The van der Waals surface area contributed by atoms with Crippen LogP contribution in [0.15, 0.2) is 0 Å². The largest absolute Gasteiger partial charge is 0.378 e. The van der Waals surface area contributed by atoms with Gasteiger partial charge in [-0.05, 0) is 44.6 Å². The first-order chi connectivity index (χ1) is 8.35. The molecule has 2 fully saturated rings. The minimum absolute atomic E-state index is 0.534. The molecule has 0 amide bonds. The lowest BCUT2D eigenvalue weighted by atomic mass is 9.73. The van der Waals surface area contributed by atoms with Gasteiger partial charge in [-0.1, -0.05) is 32.6 Å². The van der Waals surface area contributed by atoms with Crippen molar-refractivity contribution in [2.45, 2.75) is 70.4 Å². The molecule has 0 aromatic heterocycles. The smallest absolute Gasteiger partial charge is 0.0590 e. The van der Waals surface area contributed by atoms with E-state index >= 15 is 0 Å². The summed E-state index contributed by atoms with van der Waals surface area (Å²) in [6, 6.07) is 0.684. The minimum Gasteiger partial charge on any atom is -0.378 e. The summed E-state index contributed by atoms with van der Waals surface area (Å²) >= 11 is 0. The van der Waals surface area contributed by atoms with Gasteiger partial charge in [0.2, 0.25) is 0 Å². The van der Waals surface area contributed by atoms with Crippen molar-refractivity contribution in [2.24, 2.45) is 11.8 Å². The molecule has 0 aromatic rings. The Hall–Kier alpha value is -0.0800. The molecule has 4 atom stereocenters. The second-order valence-corrected chi connectivity index (χ2v) is 5.88. The Morgan fingerprint density at radius 2 is 2.00 bits per heavy atom. The van der Waals surface area contributed by atoms with Crippen molar-refractivity contribution in [2.75, 3.05) is 13.7 Å². The Labute approximate surface area is 107 Å². The Morgan fingerprint density at radius 1 is 1.18 bits per heavy atom. The molecular formula is C15H29NO. The third-order valence-corrected chi connectivity index (χ3v) is 4.92. The normalized spacial score (nSPS) is 36.0. The Bertz CT molecular complexity index is 213. The number of nitrogens with one attached hydrogen (secondary N) is 1. The van der Waals surface area contributed by atoms with Gasteiger partial charge in [-0.2, -0.15) is 0 Å². The first-order valence-corrected chi connectivity index (χ1v) is 7.64. The maximum absolute atomic E-state index is 5.80. The summed E-state index contributed by atoms with van der Waals surface area (Å²) in [4.78, 5) is 0. The third kappa shape index (κ3) is 3.45. The van der Waals surface area contributed by atoms with E-state index in [9.17, 15) is 0 Å². The number of hydrogen-bond acceptors (Lipinski definition) is 2. The molecule has 2 heteroatoms. The van der Waals surface area contributed by atoms with E-state index in [0.717, 1.165) is 18.4 Å². The lowest BCUT2D eigenvalue weighted by Gasteiger charge is -2.37. The molecule has 1 heterocycles. The molecule has 17 heavy (non-hydrogen) atoms. The van der Waals surface area contributed by atoms with Crippen LogP contribution >= 0.6 is 0 Å². The molecule has 0 spiro atoms. The van der Waals surface area contributed by atoms with Crippen LogP contribution in [0.2, 0.25) is 0 Å². The molecule has 1 N–H and O–H groups in total. The number of hydrogen-bond donors (Lipinski definition) is 1. The quantitative estimate of drug-likeness (QED) is 0.794. The van der Waals surface area contributed by atoms with E-state index in [0.29, 0.717) is 12.1 Å². The zero-order valence-electron chi connectivity index (χ0n) is 11.6. The van der Waals surface area contributed by atoms with Gasteiger partial charge in [-0.3, -0.25) is 0 Å². The monoisotopic (exact) mass is 239 g/mol. The van der Waals surface area contributed by atoms with Crippen LogP contribution < -0.4 is 5.32 Å². The molecule has 2 rings (SSSR count). The average Bonchev–Trinajstić information content (AvgIpc) is 2.89. The van der Waals surface area contributed by atoms with Crippen molar-refractivity contribution >= 4 is 0 Å². The van der Waals surface area contributed by atoms with Crippen LogP contribution in [-0.4, -0.2) is 25.8 Å². The summed E-state index contributed by atoms with van der Waals surface area (Å²) in [7, 11) is 2.14. The van der Waals surface area contributed by atoms with Gasteiger partial charge in [0, 0.05) is 12.6 Å². The van der Waals surface area contributed by atoms with Crippen molar-refractivity contribution in [1.82, 2.24) is 5.32 Å². The standard InChI is InChI=1S/C15H29NO/c1-3-12-7-4-5-9-14(12)15(16-2)11-13-8-6-10-17-13/h12-16H,3-11H2,1-2H3. The van der Waals surface area contributed by atoms with Gasteiger partial charge < -0.3 is 10.1 Å². The molecule has 4 unspecified atom stereocenters. The van der Waals surface area contributed by atoms with Gasteiger partial charge in [0.15, 0.2) is 0 Å². The second-order valence-electron chi connectivity index (χ2n) is 5.88. The lowest BCUT2D eigenvalue weighted by molar-refractivity contribution is 0.0737. The predicted octanol–water partition coefficient (Wildman–Crippen LogP) is 3.36. The average molecular weight is 239 g/mol. The summed E-state index contributed by atoms with van der Waals surface area (Å²) in [5.41, 5.74) is 0. The molecule has 1 aliphatic heterocycles. The van der Waals surface area contributed by atoms with Gasteiger partial charge in [0.1, 0.15) is 0 Å². The fourth-order valence-electron chi connectivity index (χ4n) is 3.89. The van der Waals surface area contributed by atoms with Crippen molar-refractivity contribution in [3.8, 4) is 0 Å². The fraction of sp³-hybridized carbons (Fsp3) is 1.00. The molecular weight excluding hydrogens is 210 g/mol. The molecule has 2 nitrogen and oxygen atoms in total. The second kappa shape index (κ2) is 6.75. The first kappa shape index (κ1) is 13.4. The molecule has 1 aliphatic carbocycles. The predicted molar refractivity (Wildman–Crippen MR) is 72.2 cm³/mol. The van der Waals surface area contributed by atoms with E-state index in [1.165, 1.54) is 51.4 Å². The Kier molecular flexibility index (Phi) is 5.30. The van der Waals surface area contributed by atoms with Crippen molar-refractivity contribution < 1.29 is 4.74 Å². The van der Waals surface area contributed by atoms with E-state index in [-0.39, 0.29) is 0 Å². The molecule has 2 aliphatic rings. The Balaban J connectivity index is 1.90. The number of rotatable bonds is 5. The molecule has 0 bridgehead atoms. The highest BCUT2D eigenvalue weighted by molar-refractivity contribution is 4.86. The van der Waals surface area contributed by atoms with E-state index in [2.05, 4.69) is 19.3 Å². The summed E-state index contributed by atoms with van der Waals surface area (Å²) in [5, 5.41) is 3.58. The van der Waals surface area contributed by atoms with Crippen LogP contribution in [0.5, 0.6) is 0 Å². The van der Waals surface area contributed by atoms with Gasteiger partial charge in [0.05, 0.1) is 6.10 Å². The van der Waals surface area contributed by atoms with Gasteiger partial charge in [-0.15, -0.1) is 0 Å². The van der Waals surface area contributed by atoms with Gasteiger partial charge in [0.25, 0.3) is 0 Å². The zero-order valence-corrected chi connectivity index (χ0v) is 11.6. The van der Waals surface area contributed by atoms with E-state index in [1.54, 1.807) is 0 Å². The van der Waals surface area contributed by atoms with Gasteiger partial charge >= 0.3 is 0 Å².